The molecule has 2 atom stereocenters. The highest BCUT2D eigenvalue weighted by Crippen LogP contribution is 2.35. The molecular weight excluding hydrogens is 280 g/mol. The van der Waals surface area contributed by atoms with Crippen LogP contribution in [0.5, 0.6) is 5.75 Å². The van der Waals surface area contributed by atoms with Gasteiger partial charge in [-0.15, -0.1) is 0 Å². The monoisotopic (exact) mass is 310 g/mol. The van der Waals surface area contributed by atoms with Crippen LogP contribution in [0.3, 0.4) is 0 Å². The lowest BCUT2D eigenvalue weighted by Crippen LogP contribution is -2.34. The molecule has 0 saturated carbocycles. The zero-order chi connectivity index (χ0) is 17.1. The van der Waals surface area contributed by atoms with Gasteiger partial charge in [-0.3, -0.25) is 0 Å². The Hall–Kier alpha value is -1.10. The van der Waals surface area contributed by atoms with Crippen molar-refractivity contribution in [2.24, 2.45) is 0 Å². The van der Waals surface area contributed by atoms with Crippen molar-refractivity contribution in [3.05, 3.63) is 29.3 Å². The zero-order valence-electron chi connectivity index (χ0n) is 14.6. The molecule has 0 aliphatic heterocycles. The van der Waals surface area contributed by atoms with E-state index in [1.165, 1.54) is 5.56 Å². The van der Waals surface area contributed by atoms with Gasteiger partial charge in [-0.2, -0.15) is 0 Å². The molecule has 1 aromatic carbocycles. The molecule has 0 bridgehead atoms. The molecule has 0 heterocycles. The minimum absolute atomic E-state index is 0.0468. The zero-order valence-corrected chi connectivity index (χ0v) is 14.6. The topological polar surface area (TPSA) is 69.9 Å². The maximum absolute atomic E-state index is 9.72. The van der Waals surface area contributed by atoms with Crippen molar-refractivity contribution in [3.8, 4) is 5.75 Å². The number of hydrogen-bond acceptors (Lipinski definition) is 4. The minimum atomic E-state index is -1.19. The standard InChI is InChI=1S/C18H30O4/c1-17(2,3)12-7-8-16(13(9-12)18(4,5)6)22-11-15(21)14(20)10-19/h7-9,14-15,19-21H,10-11H2,1-6H3/t14-,15+/m1/s1. The molecule has 0 aliphatic rings. The molecule has 3 N–H and O–H groups in total. The van der Waals surface area contributed by atoms with Gasteiger partial charge in [-0.25, -0.2) is 0 Å². The van der Waals surface area contributed by atoms with Gasteiger partial charge in [-0.05, 0) is 28.0 Å². The largest absolute Gasteiger partial charge is 0.490 e. The normalized spacial score (nSPS) is 15.5. The Balaban J connectivity index is 3.04. The van der Waals surface area contributed by atoms with Gasteiger partial charge in [0.15, 0.2) is 0 Å². The minimum Gasteiger partial charge on any atom is -0.490 e. The summed E-state index contributed by atoms with van der Waals surface area (Å²) in [6.45, 7) is 12.3. The molecule has 0 unspecified atom stereocenters. The maximum atomic E-state index is 9.72. The molecule has 1 aromatic rings. The van der Waals surface area contributed by atoms with Crippen LogP contribution in [0.2, 0.25) is 0 Å². The van der Waals surface area contributed by atoms with Gasteiger partial charge in [0.1, 0.15) is 24.6 Å². The molecule has 126 valence electrons. The van der Waals surface area contributed by atoms with E-state index in [-0.39, 0.29) is 17.4 Å². The summed E-state index contributed by atoms with van der Waals surface area (Å²) >= 11 is 0. The SMILES string of the molecule is CC(C)(C)c1ccc(OC[C@H](O)[C@H](O)CO)c(C(C)(C)C)c1. The lowest BCUT2D eigenvalue weighted by atomic mass is 9.80. The smallest absolute Gasteiger partial charge is 0.123 e. The van der Waals surface area contributed by atoms with E-state index in [1.807, 2.05) is 12.1 Å². The van der Waals surface area contributed by atoms with Crippen molar-refractivity contribution in [3.63, 3.8) is 0 Å². The van der Waals surface area contributed by atoms with Crippen LogP contribution < -0.4 is 4.74 Å². The Labute approximate surface area is 133 Å². The number of ether oxygens (including phenoxy) is 1. The molecule has 0 fully saturated rings. The molecule has 0 amide bonds. The molecule has 22 heavy (non-hydrogen) atoms. The number of hydrogen-bond donors (Lipinski definition) is 3. The Kier molecular flexibility index (Phi) is 6.02. The second-order valence-electron chi connectivity index (χ2n) is 7.84. The van der Waals surface area contributed by atoms with E-state index in [0.29, 0.717) is 5.75 Å². The van der Waals surface area contributed by atoms with Crippen molar-refractivity contribution in [2.75, 3.05) is 13.2 Å². The third-order valence-corrected chi connectivity index (χ3v) is 3.69. The van der Waals surface area contributed by atoms with E-state index in [9.17, 15) is 10.2 Å². The van der Waals surface area contributed by atoms with Crippen LogP contribution in [0.25, 0.3) is 0 Å². The van der Waals surface area contributed by atoms with E-state index >= 15 is 0 Å². The van der Waals surface area contributed by atoms with Gasteiger partial charge in [0.25, 0.3) is 0 Å². The summed E-state index contributed by atoms with van der Waals surface area (Å²) in [5.74, 6) is 0.699. The first-order chi connectivity index (χ1) is 9.96. The van der Waals surface area contributed by atoms with Crippen molar-refractivity contribution in [1.82, 2.24) is 0 Å². The Morgan fingerprint density at radius 2 is 1.55 bits per heavy atom. The van der Waals surface area contributed by atoms with Gasteiger partial charge < -0.3 is 20.1 Å². The molecular formula is C18H30O4. The highest BCUT2D eigenvalue weighted by Gasteiger charge is 2.24. The number of aliphatic hydroxyl groups is 3. The van der Waals surface area contributed by atoms with E-state index in [4.69, 9.17) is 9.84 Å². The maximum Gasteiger partial charge on any atom is 0.123 e. The molecule has 1 rings (SSSR count). The summed E-state index contributed by atoms with van der Waals surface area (Å²) in [4.78, 5) is 0. The van der Waals surface area contributed by atoms with E-state index < -0.39 is 18.8 Å². The third kappa shape index (κ3) is 4.97. The van der Waals surface area contributed by atoms with Crippen molar-refractivity contribution in [1.29, 1.82) is 0 Å². The van der Waals surface area contributed by atoms with Gasteiger partial charge in [0.2, 0.25) is 0 Å². The molecule has 0 aliphatic carbocycles. The highest BCUT2D eigenvalue weighted by molar-refractivity contribution is 5.43. The molecule has 0 saturated heterocycles. The summed E-state index contributed by atoms with van der Waals surface area (Å²) in [7, 11) is 0. The summed E-state index contributed by atoms with van der Waals surface area (Å²) < 4.78 is 5.69. The first-order valence-corrected chi connectivity index (χ1v) is 7.71. The van der Waals surface area contributed by atoms with Crippen LogP contribution >= 0.6 is 0 Å². The quantitative estimate of drug-likeness (QED) is 0.781. The number of rotatable bonds is 5. The Morgan fingerprint density at radius 3 is 2.00 bits per heavy atom. The van der Waals surface area contributed by atoms with Crippen LogP contribution in [0, 0.1) is 0 Å². The lowest BCUT2D eigenvalue weighted by molar-refractivity contribution is -0.0341. The van der Waals surface area contributed by atoms with Crippen molar-refractivity contribution >= 4 is 0 Å². The fraction of sp³-hybridized carbons (Fsp3) is 0.667. The number of benzene rings is 1. The van der Waals surface area contributed by atoms with E-state index in [0.717, 1.165) is 5.56 Å². The first-order valence-electron chi connectivity index (χ1n) is 7.71. The van der Waals surface area contributed by atoms with Crippen LogP contribution in [0.15, 0.2) is 18.2 Å². The lowest BCUT2D eigenvalue weighted by Gasteiger charge is -2.28. The van der Waals surface area contributed by atoms with Gasteiger partial charge >= 0.3 is 0 Å². The van der Waals surface area contributed by atoms with Crippen LogP contribution in [0.4, 0.5) is 0 Å². The average molecular weight is 310 g/mol. The molecule has 0 spiro atoms. The summed E-state index contributed by atoms with van der Waals surface area (Å²) in [6, 6.07) is 6.09. The highest BCUT2D eigenvalue weighted by atomic mass is 16.5. The van der Waals surface area contributed by atoms with Gasteiger partial charge in [-0.1, -0.05) is 53.7 Å². The van der Waals surface area contributed by atoms with Crippen molar-refractivity contribution in [2.45, 2.75) is 64.6 Å². The predicted molar refractivity (Wildman–Crippen MR) is 88.4 cm³/mol. The van der Waals surface area contributed by atoms with E-state index in [2.05, 4.69) is 47.6 Å². The van der Waals surface area contributed by atoms with Crippen LogP contribution in [0.1, 0.15) is 52.7 Å². The number of aliphatic hydroxyl groups excluding tert-OH is 3. The third-order valence-electron chi connectivity index (χ3n) is 3.69. The predicted octanol–water partition coefficient (Wildman–Crippen LogP) is 2.37. The summed E-state index contributed by atoms with van der Waals surface area (Å²) in [5.41, 5.74) is 2.23. The first kappa shape index (κ1) is 18.9. The summed E-state index contributed by atoms with van der Waals surface area (Å²) in [6.07, 6.45) is -2.30. The average Bonchev–Trinajstić information content (AvgIpc) is 2.41. The molecule has 4 heteroatoms. The Bertz CT molecular complexity index is 483. The van der Waals surface area contributed by atoms with Gasteiger partial charge in [0, 0.05) is 0 Å². The summed E-state index contributed by atoms with van der Waals surface area (Å²) in [5, 5.41) is 28.0. The fourth-order valence-electron chi connectivity index (χ4n) is 2.12. The second-order valence-corrected chi connectivity index (χ2v) is 7.84. The fourth-order valence-corrected chi connectivity index (χ4v) is 2.12. The molecule has 0 radical (unpaired) electrons. The van der Waals surface area contributed by atoms with Crippen molar-refractivity contribution < 1.29 is 20.1 Å². The van der Waals surface area contributed by atoms with Gasteiger partial charge in [0.05, 0.1) is 6.61 Å². The molecule has 0 aromatic heterocycles. The molecule has 4 nitrogen and oxygen atoms in total. The van der Waals surface area contributed by atoms with Crippen LogP contribution in [-0.4, -0.2) is 40.7 Å². The van der Waals surface area contributed by atoms with E-state index in [1.54, 1.807) is 0 Å². The van der Waals surface area contributed by atoms with Crippen LogP contribution in [-0.2, 0) is 10.8 Å². The second kappa shape index (κ2) is 6.99. The Morgan fingerprint density at radius 1 is 0.955 bits per heavy atom.